The first-order valence-corrected chi connectivity index (χ1v) is 7.93. The predicted octanol–water partition coefficient (Wildman–Crippen LogP) is 4.03. The summed E-state index contributed by atoms with van der Waals surface area (Å²) in [5.41, 5.74) is 2.92. The van der Waals surface area contributed by atoms with Gasteiger partial charge in [-0.1, -0.05) is 35.9 Å². The van der Waals surface area contributed by atoms with Crippen molar-refractivity contribution in [3.05, 3.63) is 52.5 Å². The van der Waals surface area contributed by atoms with Crippen LogP contribution in [-0.2, 0) is 6.42 Å². The smallest absolute Gasteiger partial charge is 0.319 e. The molecule has 0 radical (unpaired) electrons. The lowest BCUT2D eigenvalue weighted by atomic mass is 10.1. The van der Waals surface area contributed by atoms with Gasteiger partial charge < -0.3 is 20.1 Å². The Kier molecular flexibility index (Phi) is 6.32. The molecule has 0 fully saturated rings. The van der Waals surface area contributed by atoms with Crippen LogP contribution in [0.3, 0.4) is 0 Å². The van der Waals surface area contributed by atoms with E-state index in [2.05, 4.69) is 29.7 Å². The van der Waals surface area contributed by atoms with Crippen LogP contribution in [0.1, 0.15) is 11.1 Å². The minimum absolute atomic E-state index is 0.314. The van der Waals surface area contributed by atoms with Crippen LogP contribution in [0, 0.1) is 6.92 Å². The summed E-state index contributed by atoms with van der Waals surface area (Å²) in [5.74, 6) is 0.933. The molecule has 0 aliphatic rings. The molecule has 0 atom stereocenters. The fraction of sp³-hybridized carbons (Fsp3) is 0.278. The largest absolute Gasteiger partial charge is 0.495 e. The molecule has 0 saturated heterocycles. The summed E-state index contributed by atoms with van der Waals surface area (Å²) in [6.45, 7) is 2.59. The zero-order valence-electron chi connectivity index (χ0n) is 14.0. The number of carbonyl (C=O) groups is 1. The van der Waals surface area contributed by atoms with Crippen molar-refractivity contribution in [1.29, 1.82) is 0 Å². The summed E-state index contributed by atoms with van der Waals surface area (Å²) in [4.78, 5) is 12.1. The van der Waals surface area contributed by atoms with Crippen molar-refractivity contribution in [2.75, 3.05) is 26.1 Å². The average molecular weight is 349 g/mol. The predicted molar refractivity (Wildman–Crippen MR) is 96.5 cm³/mol. The van der Waals surface area contributed by atoms with E-state index in [0.29, 0.717) is 28.8 Å². The number of nitrogens with one attached hydrogen (secondary N) is 2. The minimum atomic E-state index is -0.314. The van der Waals surface area contributed by atoms with Crippen molar-refractivity contribution in [2.45, 2.75) is 13.3 Å². The second-order valence-corrected chi connectivity index (χ2v) is 5.65. The highest BCUT2D eigenvalue weighted by Crippen LogP contribution is 2.35. The van der Waals surface area contributed by atoms with Gasteiger partial charge in [0.05, 0.1) is 24.9 Å². The number of hydrogen-bond donors (Lipinski definition) is 2. The Morgan fingerprint density at radius 1 is 1.12 bits per heavy atom. The van der Waals surface area contributed by atoms with Crippen LogP contribution in [0.4, 0.5) is 10.5 Å². The number of anilines is 1. The molecule has 2 aromatic carbocycles. The number of rotatable bonds is 6. The topological polar surface area (TPSA) is 59.6 Å². The van der Waals surface area contributed by atoms with Crippen LogP contribution >= 0.6 is 11.6 Å². The van der Waals surface area contributed by atoms with Gasteiger partial charge in [0.25, 0.3) is 0 Å². The summed E-state index contributed by atoms with van der Waals surface area (Å²) in [6, 6.07) is 11.0. The maximum Gasteiger partial charge on any atom is 0.319 e. The van der Waals surface area contributed by atoms with Crippen LogP contribution in [0.2, 0.25) is 5.02 Å². The van der Waals surface area contributed by atoms with E-state index in [-0.39, 0.29) is 6.03 Å². The molecule has 5 nitrogen and oxygen atoms in total. The summed E-state index contributed by atoms with van der Waals surface area (Å²) in [6.07, 6.45) is 0.765. The maximum absolute atomic E-state index is 12.1. The quantitative estimate of drug-likeness (QED) is 0.828. The van der Waals surface area contributed by atoms with Gasteiger partial charge in [-0.15, -0.1) is 0 Å². The number of ether oxygens (including phenoxy) is 2. The Morgan fingerprint density at radius 2 is 1.83 bits per heavy atom. The van der Waals surface area contributed by atoms with E-state index >= 15 is 0 Å². The molecular weight excluding hydrogens is 328 g/mol. The first kappa shape index (κ1) is 17.9. The fourth-order valence-corrected chi connectivity index (χ4v) is 2.56. The lowest BCUT2D eigenvalue weighted by Crippen LogP contribution is -2.30. The van der Waals surface area contributed by atoms with Crippen LogP contribution in [-0.4, -0.2) is 26.8 Å². The number of aryl methyl sites for hydroxylation is 1. The normalized spacial score (nSPS) is 10.2. The van der Waals surface area contributed by atoms with Gasteiger partial charge in [0.1, 0.15) is 11.5 Å². The van der Waals surface area contributed by atoms with Gasteiger partial charge in [0.15, 0.2) is 0 Å². The number of amides is 2. The SMILES string of the molecule is COc1cc(NC(=O)NCCc2ccccc2C)c(OC)cc1Cl. The van der Waals surface area contributed by atoms with Gasteiger partial charge in [-0.05, 0) is 24.5 Å². The van der Waals surface area contributed by atoms with Crippen LogP contribution in [0.25, 0.3) is 0 Å². The molecule has 0 unspecified atom stereocenters. The van der Waals surface area contributed by atoms with E-state index in [1.165, 1.54) is 25.3 Å². The minimum Gasteiger partial charge on any atom is -0.495 e. The monoisotopic (exact) mass is 348 g/mol. The second kappa shape index (κ2) is 8.45. The third-order valence-corrected chi connectivity index (χ3v) is 3.96. The molecule has 6 heteroatoms. The van der Waals surface area contributed by atoms with Gasteiger partial charge in [-0.2, -0.15) is 0 Å². The summed E-state index contributed by atoms with van der Waals surface area (Å²) in [5, 5.41) is 6.00. The van der Waals surface area contributed by atoms with E-state index in [4.69, 9.17) is 21.1 Å². The molecule has 0 heterocycles. The Balaban J connectivity index is 1.96. The highest BCUT2D eigenvalue weighted by Gasteiger charge is 2.12. The summed E-state index contributed by atoms with van der Waals surface area (Å²) in [7, 11) is 3.03. The van der Waals surface area contributed by atoms with Gasteiger partial charge >= 0.3 is 6.03 Å². The molecular formula is C18H21ClN2O3. The molecule has 2 amide bonds. The number of carbonyl (C=O) groups excluding carboxylic acids is 1. The second-order valence-electron chi connectivity index (χ2n) is 5.24. The van der Waals surface area contributed by atoms with Gasteiger partial charge in [0.2, 0.25) is 0 Å². The lowest BCUT2D eigenvalue weighted by molar-refractivity contribution is 0.252. The molecule has 0 aliphatic heterocycles. The number of methoxy groups -OCH3 is 2. The number of benzene rings is 2. The number of urea groups is 1. The molecule has 0 spiro atoms. The zero-order chi connectivity index (χ0) is 17.5. The molecule has 0 saturated carbocycles. The first-order chi connectivity index (χ1) is 11.5. The molecule has 2 rings (SSSR count). The third kappa shape index (κ3) is 4.55. The highest BCUT2D eigenvalue weighted by atomic mass is 35.5. The Bertz CT molecular complexity index is 719. The van der Waals surface area contributed by atoms with Crippen molar-refractivity contribution in [1.82, 2.24) is 5.32 Å². The Hall–Kier alpha value is -2.40. The van der Waals surface area contributed by atoms with Gasteiger partial charge in [0, 0.05) is 18.7 Å². The van der Waals surface area contributed by atoms with Crippen LogP contribution in [0.5, 0.6) is 11.5 Å². The summed E-state index contributed by atoms with van der Waals surface area (Å²) >= 11 is 6.05. The molecule has 24 heavy (non-hydrogen) atoms. The van der Waals surface area contributed by atoms with Crippen LogP contribution in [0.15, 0.2) is 36.4 Å². The number of hydrogen-bond acceptors (Lipinski definition) is 3. The molecule has 0 aliphatic carbocycles. The lowest BCUT2D eigenvalue weighted by Gasteiger charge is -2.14. The van der Waals surface area contributed by atoms with Gasteiger partial charge in [-0.25, -0.2) is 4.79 Å². The zero-order valence-corrected chi connectivity index (χ0v) is 14.7. The molecule has 0 bridgehead atoms. The van der Waals surface area contributed by atoms with Crippen molar-refractivity contribution in [3.63, 3.8) is 0 Å². The Morgan fingerprint density at radius 3 is 2.50 bits per heavy atom. The van der Waals surface area contributed by atoms with Crippen molar-refractivity contribution in [3.8, 4) is 11.5 Å². The molecule has 2 aromatic rings. The van der Waals surface area contributed by atoms with E-state index < -0.39 is 0 Å². The van der Waals surface area contributed by atoms with E-state index in [1.807, 2.05) is 12.1 Å². The third-order valence-electron chi connectivity index (χ3n) is 3.66. The molecule has 0 aromatic heterocycles. The first-order valence-electron chi connectivity index (χ1n) is 7.56. The van der Waals surface area contributed by atoms with Gasteiger partial charge in [-0.3, -0.25) is 0 Å². The van der Waals surface area contributed by atoms with Crippen molar-refractivity contribution in [2.24, 2.45) is 0 Å². The standard InChI is InChI=1S/C18H21ClN2O3/c1-12-6-4-5-7-13(12)8-9-20-18(22)21-15-11-16(23-2)14(19)10-17(15)24-3/h4-7,10-11H,8-9H2,1-3H3,(H2,20,21,22). The Labute approximate surface area is 146 Å². The van der Waals surface area contributed by atoms with E-state index in [9.17, 15) is 4.79 Å². The highest BCUT2D eigenvalue weighted by molar-refractivity contribution is 6.32. The molecule has 128 valence electrons. The summed E-state index contributed by atoms with van der Waals surface area (Å²) < 4.78 is 10.4. The average Bonchev–Trinajstić information content (AvgIpc) is 2.57. The molecule has 2 N–H and O–H groups in total. The fourth-order valence-electron chi connectivity index (χ4n) is 2.33. The van der Waals surface area contributed by atoms with Crippen molar-refractivity contribution < 1.29 is 14.3 Å². The van der Waals surface area contributed by atoms with Crippen LogP contribution < -0.4 is 20.1 Å². The van der Waals surface area contributed by atoms with Crippen molar-refractivity contribution >= 4 is 23.3 Å². The number of halogens is 1. The van der Waals surface area contributed by atoms with E-state index in [1.54, 1.807) is 12.1 Å². The maximum atomic E-state index is 12.1. The van der Waals surface area contributed by atoms with E-state index in [0.717, 1.165) is 6.42 Å².